The Morgan fingerprint density at radius 3 is 2.40 bits per heavy atom. The van der Waals surface area contributed by atoms with Gasteiger partial charge in [0.25, 0.3) is 5.91 Å². The van der Waals surface area contributed by atoms with Crippen molar-refractivity contribution in [1.29, 1.82) is 0 Å². The topological polar surface area (TPSA) is 70.2 Å². The molecule has 3 heterocycles. The number of carbonyl (C=O) groups excluding carboxylic acids is 3. The lowest BCUT2D eigenvalue weighted by atomic mass is 10.0. The molecule has 0 radical (unpaired) electrons. The summed E-state index contributed by atoms with van der Waals surface area (Å²) in [6.07, 6.45) is 1.62. The molecule has 4 rings (SSSR count). The Balaban J connectivity index is 1.52. The predicted molar refractivity (Wildman–Crippen MR) is 89.1 cm³/mol. The fraction of sp³-hybridized carbons (Fsp3) is 0.500. The van der Waals surface area contributed by atoms with E-state index in [4.69, 9.17) is 4.74 Å². The van der Waals surface area contributed by atoms with E-state index in [9.17, 15) is 14.4 Å². The normalized spacial score (nSPS) is 25.7. The summed E-state index contributed by atoms with van der Waals surface area (Å²) in [7, 11) is 1.58. The van der Waals surface area contributed by atoms with Crippen molar-refractivity contribution in [3.63, 3.8) is 0 Å². The molecule has 0 bridgehead atoms. The standard InChI is InChI=1S/C18H21N3O4/c1-25-13-6-4-12(5-7-13)16(22)19-9-10-21-15(11-19)18(24)20-8-2-3-14(20)17(21)23/h4-7,14-15H,2-3,8-11H2,1H3/t14-,15-/m0/s1. The lowest BCUT2D eigenvalue weighted by Gasteiger charge is -2.47. The van der Waals surface area contributed by atoms with E-state index in [2.05, 4.69) is 0 Å². The number of ether oxygens (including phenoxy) is 1. The molecule has 132 valence electrons. The van der Waals surface area contributed by atoms with Gasteiger partial charge in [-0.2, -0.15) is 0 Å². The van der Waals surface area contributed by atoms with Gasteiger partial charge in [0, 0.05) is 25.2 Å². The largest absolute Gasteiger partial charge is 0.497 e. The maximum absolute atomic E-state index is 12.8. The summed E-state index contributed by atoms with van der Waals surface area (Å²) in [6, 6.07) is 6.10. The maximum atomic E-state index is 12.8. The Kier molecular flexibility index (Phi) is 3.86. The molecule has 0 N–H and O–H groups in total. The minimum Gasteiger partial charge on any atom is -0.497 e. The number of rotatable bonds is 2. The Hall–Kier alpha value is -2.57. The van der Waals surface area contributed by atoms with Crippen molar-refractivity contribution < 1.29 is 19.1 Å². The molecule has 7 nitrogen and oxygen atoms in total. The monoisotopic (exact) mass is 343 g/mol. The van der Waals surface area contributed by atoms with E-state index in [1.165, 1.54) is 0 Å². The van der Waals surface area contributed by atoms with Crippen LogP contribution in [0, 0.1) is 0 Å². The third kappa shape index (κ3) is 2.54. The van der Waals surface area contributed by atoms with Gasteiger partial charge in [-0.3, -0.25) is 14.4 Å². The Bertz CT molecular complexity index is 718. The second kappa shape index (κ2) is 6.06. The fourth-order valence-corrected chi connectivity index (χ4v) is 4.03. The van der Waals surface area contributed by atoms with Crippen LogP contribution < -0.4 is 4.74 Å². The third-order valence-corrected chi connectivity index (χ3v) is 5.39. The van der Waals surface area contributed by atoms with E-state index < -0.39 is 6.04 Å². The summed E-state index contributed by atoms with van der Waals surface area (Å²) in [4.78, 5) is 43.2. The highest BCUT2D eigenvalue weighted by Crippen LogP contribution is 2.29. The number of hydrogen-bond acceptors (Lipinski definition) is 4. The molecule has 25 heavy (non-hydrogen) atoms. The second-order valence-electron chi connectivity index (χ2n) is 6.72. The first-order valence-electron chi connectivity index (χ1n) is 8.64. The molecular weight excluding hydrogens is 322 g/mol. The molecule has 0 aromatic heterocycles. The molecule has 1 aromatic carbocycles. The van der Waals surface area contributed by atoms with Crippen molar-refractivity contribution in [2.45, 2.75) is 24.9 Å². The van der Waals surface area contributed by atoms with Gasteiger partial charge in [-0.05, 0) is 37.1 Å². The Labute approximate surface area is 146 Å². The quantitative estimate of drug-likeness (QED) is 0.777. The van der Waals surface area contributed by atoms with E-state index in [-0.39, 0.29) is 30.3 Å². The van der Waals surface area contributed by atoms with Gasteiger partial charge in [-0.1, -0.05) is 0 Å². The fourth-order valence-electron chi connectivity index (χ4n) is 4.03. The molecule has 0 spiro atoms. The number of fused-ring (bicyclic) bond motifs is 2. The molecule has 7 heteroatoms. The van der Waals surface area contributed by atoms with Gasteiger partial charge in [0.1, 0.15) is 17.8 Å². The molecule has 3 saturated heterocycles. The van der Waals surface area contributed by atoms with Gasteiger partial charge in [0.15, 0.2) is 0 Å². The van der Waals surface area contributed by atoms with Gasteiger partial charge >= 0.3 is 0 Å². The van der Waals surface area contributed by atoms with Crippen LogP contribution >= 0.6 is 0 Å². The van der Waals surface area contributed by atoms with Crippen LogP contribution in [-0.4, -0.2) is 77.8 Å². The van der Waals surface area contributed by atoms with Crippen LogP contribution in [0.5, 0.6) is 5.75 Å². The number of carbonyl (C=O) groups is 3. The molecule has 3 aliphatic heterocycles. The number of amides is 3. The number of benzene rings is 1. The van der Waals surface area contributed by atoms with Crippen LogP contribution in [0.1, 0.15) is 23.2 Å². The van der Waals surface area contributed by atoms with E-state index in [1.807, 2.05) is 0 Å². The SMILES string of the molecule is COc1ccc(C(=O)N2CCN3C(=O)[C@@H]4CCCN4C(=O)[C@@H]3C2)cc1. The molecule has 3 amide bonds. The van der Waals surface area contributed by atoms with E-state index >= 15 is 0 Å². The highest BCUT2D eigenvalue weighted by Gasteiger charge is 2.49. The van der Waals surface area contributed by atoms with Crippen LogP contribution in [0.2, 0.25) is 0 Å². The summed E-state index contributed by atoms with van der Waals surface area (Å²) < 4.78 is 5.11. The molecule has 3 aliphatic rings. The van der Waals surface area contributed by atoms with Gasteiger partial charge in [0.2, 0.25) is 11.8 Å². The molecule has 0 aliphatic carbocycles. The minimum atomic E-state index is -0.544. The first-order chi connectivity index (χ1) is 12.1. The first kappa shape index (κ1) is 15.9. The van der Waals surface area contributed by atoms with Crippen LogP contribution in [0.25, 0.3) is 0 Å². The number of nitrogens with zero attached hydrogens (tertiary/aromatic N) is 3. The lowest BCUT2D eigenvalue weighted by Crippen LogP contribution is -2.69. The summed E-state index contributed by atoms with van der Waals surface area (Å²) in [5, 5.41) is 0. The Morgan fingerprint density at radius 1 is 1.00 bits per heavy atom. The van der Waals surface area contributed by atoms with Crippen molar-refractivity contribution in [2.75, 3.05) is 33.3 Å². The zero-order valence-corrected chi connectivity index (χ0v) is 14.2. The zero-order valence-electron chi connectivity index (χ0n) is 14.2. The van der Waals surface area contributed by atoms with Crippen LogP contribution in [0.3, 0.4) is 0 Å². The van der Waals surface area contributed by atoms with Crippen LogP contribution in [0.4, 0.5) is 0 Å². The molecule has 0 unspecified atom stereocenters. The molecule has 2 atom stereocenters. The smallest absolute Gasteiger partial charge is 0.254 e. The van der Waals surface area contributed by atoms with Crippen molar-refractivity contribution in [3.05, 3.63) is 29.8 Å². The van der Waals surface area contributed by atoms with Gasteiger partial charge in [-0.15, -0.1) is 0 Å². The van der Waals surface area contributed by atoms with Gasteiger partial charge in [0.05, 0.1) is 13.7 Å². The summed E-state index contributed by atoms with van der Waals surface area (Å²) in [6.45, 7) is 1.78. The first-order valence-corrected chi connectivity index (χ1v) is 8.64. The summed E-state index contributed by atoms with van der Waals surface area (Å²) >= 11 is 0. The van der Waals surface area contributed by atoms with Gasteiger partial charge in [-0.25, -0.2) is 0 Å². The van der Waals surface area contributed by atoms with Crippen LogP contribution in [0.15, 0.2) is 24.3 Å². The van der Waals surface area contributed by atoms with Crippen molar-refractivity contribution in [3.8, 4) is 5.75 Å². The Morgan fingerprint density at radius 2 is 1.68 bits per heavy atom. The molecule has 3 fully saturated rings. The van der Waals surface area contributed by atoms with Crippen molar-refractivity contribution in [1.82, 2.24) is 14.7 Å². The predicted octanol–water partition coefficient (Wildman–Crippen LogP) is 0.353. The lowest BCUT2D eigenvalue weighted by molar-refractivity contribution is -0.162. The third-order valence-electron chi connectivity index (χ3n) is 5.39. The van der Waals surface area contributed by atoms with Gasteiger partial charge < -0.3 is 19.4 Å². The van der Waals surface area contributed by atoms with E-state index in [1.54, 1.807) is 46.1 Å². The van der Waals surface area contributed by atoms with Crippen LogP contribution in [-0.2, 0) is 9.59 Å². The number of piperazine rings is 2. The average Bonchev–Trinajstić information content (AvgIpc) is 3.15. The highest BCUT2D eigenvalue weighted by atomic mass is 16.5. The van der Waals surface area contributed by atoms with E-state index in [0.717, 1.165) is 12.8 Å². The second-order valence-corrected chi connectivity index (χ2v) is 6.72. The molecule has 0 saturated carbocycles. The van der Waals surface area contributed by atoms with E-state index in [0.29, 0.717) is 30.9 Å². The summed E-state index contributed by atoms with van der Waals surface area (Å²) in [5.74, 6) is 0.591. The number of hydrogen-bond donors (Lipinski definition) is 0. The summed E-state index contributed by atoms with van der Waals surface area (Å²) in [5.41, 5.74) is 0.558. The van der Waals surface area contributed by atoms with Crippen molar-refractivity contribution >= 4 is 17.7 Å². The highest BCUT2D eigenvalue weighted by molar-refractivity contribution is 5.99. The maximum Gasteiger partial charge on any atom is 0.254 e. The minimum absolute atomic E-state index is 0.0191. The average molecular weight is 343 g/mol. The zero-order chi connectivity index (χ0) is 17.6. The molecular formula is C18H21N3O4. The number of methoxy groups -OCH3 is 1. The molecule has 1 aromatic rings. The van der Waals surface area contributed by atoms with Crippen molar-refractivity contribution in [2.24, 2.45) is 0 Å².